The Morgan fingerprint density at radius 2 is 2.19 bits per heavy atom. The average molecular weight is 355 g/mol. The van der Waals surface area contributed by atoms with Gasteiger partial charge in [0.15, 0.2) is 0 Å². The summed E-state index contributed by atoms with van der Waals surface area (Å²) in [5.74, 6) is 2.62. The summed E-state index contributed by atoms with van der Waals surface area (Å²) in [5.41, 5.74) is 1.36. The molecule has 1 fully saturated rings. The summed E-state index contributed by atoms with van der Waals surface area (Å²) in [6.45, 7) is 2.47. The van der Waals surface area contributed by atoms with Gasteiger partial charge in [0.05, 0.1) is 19.3 Å². The number of nitrogens with zero attached hydrogens (tertiary/aromatic N) is 7. The fourth-order valence-corrected chi connectivity index (χ4v) is 3.51. The third-order valence-corrected chi connectivity index (χ3v) is 4.78. The first-order chi connectivity index (χ1) is 12.5. The van der Waals surface area contributed by atoms with E-state index >= 15 is 0 Å². The van der Waals surface area contributed by atoms with Crippen LogP contribution in [0, 0.1) is 11.3 Å². The molecule has 138 valence electrons. The second kappa shape index (κ2) is 7.70. The van der Waals surface area contributed by atoms with Gasteiger partial charge >= 0.3 is 0 Å². The van der Waals surface area contributed by atoms with Gasteiger partial charge in [-0.1, -0.05) is 0 Å². The van der Waals surface area contributed by atoms with Crippen molar-refractivity contribution in [2.75, 3.05) is 39.2 Å². The summed E-state index contributed by atoms with van der Waals surface area (Å²) in [4.78, 5) is 8.46. The number of hydrogen-bond donors (Lipinski definition) is 0. The van der Waals surface area contributed by atoms with E-state index in [4.69, 9.17) is 4.74 Å². The van der Waals surface area contributed by atoms with E-state index in [1.807, 2.05) is 27.2 Å². The second-order valence-corrected chi connectivity index (χ2v) is 6.88. The lowest BCUT2D eigenvalue weighted by molar-refractivity contribution is 0.382. The van der Waals surface area contributed by atoms with Gasteiger partial charge in [0.2, 0.25) is 5.88 Å². The highest BCUT2D eigenvalue weighted by Gasteiger charge is 2.28. The van der Waals surface area contributed by atoms with E-state index in [1.165, 1.54) is 7.11 Å². The number of pyridine rings is 1. The van der Waals surface area contributed by atoms with Crippen LogP contribution >= 0.6 is 0 Å². The number of anilines is 1. The molecule has 2 aromatic heterocycles. The molecule has 1 saturated heterocycles. The monoisotopic (exact) mass is 355 g/mol. The van der Waals surface area contributed by atoms with E-state index < -0.39 is 0 Å². The first kappa shape index (κ1) is 18.1. The molecule has 1 aliphatic heterocycles. The number of nitriles is 1. The van der Waals surface area contributed by atoms with Crippen molar-refractivity contribution in [3.05, 3.63) is 29.5 Å². The third-order valence-electron chi connectivity index (χ3n) is 4.78. The highest BCUT2D eigenvalue weighted by atomic mass is 16.5. The molecule has 8 nitrogen and oxygen atoms in total. The Balaban J connectivity index is 1.85. The summed E-state index contributed by atoms with van der Waals surface area (Å²) in [6, 6.07) is 4.12. The summed E-state index contributed by atoms with van der Waals surface area (Å²) in [7, 11) is 7.62. The molecule has 1 aliphatic rings. The van der Waals surface area contributed by atoms with E-state index in [0.717, 1.165) is 49.8 Å². The van der Waals surface area contributed by atoms with E-state index in [0.29, 0.717) is 11.4 Å². The van der Waals surface area contributed by atoms with E-state index in [9.17, 15) is 5.26 Å². The van der Waals surface area contributed by atoms with Crippen LogP contribution in [0.4, 0.5) is 5.69 Å². The van der Waals surface area contributed by atoms with Crippen molar-refractivity contribution >= 4 is 5.69 Å². The number of methoxy groups -OCH3 is 1. The molecule has 1 atom stereocenters. The largest absolute Gasteiger partial charge is 0.480 e. The lowest BCUT2D eigenvalue weighted by atomic mass is 9.96. The highest BCUT2D eigenvalue weighted by Crippen LogP contribution is 2.33. The van der Waals surface area contributed by atoms with Gasteiger partial charge in [-0.15, -0.1) is 10.2 Å². The molecule has 0 spiro atoms. The lowest BCUT2D eigenvalue weighted by Crippen LogP contribution is -2.36. The zero-order chi connectivity index (χ0) is 18.7. The number of ether oxygens (including phenoxy) is 1. The molecule has 8 heteroatoms. The number of aromatic nitrogens is 4. The van der Waals surface area contributed by atoms with Crippen molar-refractivity contribution in [3.63, 3.8) is 0 Å². The minimum Gasteiger partial charge on any atom is -0.480 e. The second-order valence-electron chi connectivity index (χ2n) is 6.88. The molecular weight excluding hydrogens is 330 g/mol. The van der Waals surface area contributed by atoms with E-state index in [2.05, 4.69) is 35.6 Å². The Morgan fingerprint density at radius 1 is 1.38 bits per heavy atom. The van der Waals surface area contributed by atoms with Gasteiger partial charge in [0.25, 0.3) is 0 Å². The zero-order valence-electron chi connectivity index (χ0n) is 15.8. The molecule has 2 aromatic rings. The maximum Gasteiger partial charge on any atom is 0.233 e. The number of hydrogen-bond acceptors (Lipinski definition) is 7. The van der Waals surface area contributed by atoms with Crippen LogP contribution in [0.5, 0.6) is 5.88 Å². The molecule has 0 bridgehead atoms. The first-order valence-corrected chi connectivity index (χ1v) is 8.76. The van der Waals surface area contributed by atoms with Crippen LogP contribution in [0.15, 0.2) is 12.3 Å². The van der Waals surface area contributed by atoms with Gasteiger partial charge < -0.3 is 19.1 Å². The Hall–Kier alpha value is -2.66. The fraction of sp³-hybridized carbons (Fsp3) is 0.556. The fourth-order valence-electron chi connectivity index (χ4n) is 3.51. The quantitative estimate of drug-likeness (QED) is 0.804. The molecule has 0 radical (unpaired) electrons. The molecule has 26 heavy (non-hydrogen) atoms. The van der Waals surface area contributed by atoms with Crippen molar-refractivity contribution < 1.29 is 4.74 Å². The standard InChI is InChI=1S/C18H25N7O/c1-23(2)12-16-21-22-17(24(16)3)13-6-5-9-25(11-13)15-7-8-20-18(26-4)14(15)10-19/h7-8,13H,5-6,9,11-12H2,1-4H3. The van der Waals surface area contributed by atoms with E-state index in [-0.39, 0.29) is 5.92 Å². The molecule has 0 saturated carbocycles. The van der Waals surface area contributed by atoms with Gasteiger partial charge in [-0.25, -0.2) is 4.98 Å². The molecule has 1 unspecified atom stereocenters. The van der Waals surface area contributed by atoms with Crippen LogP contribution in [-0.2, 0) is 13.6 Å². The Morgan fingerprint density at radius 3 is 2.88 bits per heavy atom. The van der Waals surface area contributed by atoms with Crippen LogP contribution < -0.4 is 9.64 Å². The van der Waals surface area contributed by atoms with Crippen LogP contribution in [0.3, 0.4) is 0 Å². The lowest BCUT2D eigenvalue weighted by Gasteiger charge is -2.34. The van der Waals surface area contributed by atoms with Crippen molar-refractivity contribution in [2.24, 2.45) is 7.05 Å². The SMILES string of the molecule is COc1nccc(N2CCCC(c3nnc(CN(C)C)n3C)C2)c1C#N. The van der Waals surface area contributed by atoms with Crippen molar-refractivity contribution in [1.82, 2.24) is 24.6 Å². The third kappa shape index (κ3) is 3.48. The van der Waals surface area contributed by atoms with Crippen molar-refractivity contribution in [3.8, 4) is 11.9 Å². The van der Waals surface area contributed by atoms with E-state index in [1.54, 1.807) is 6.20 Å². The van der Waals surface area contributed by atoms with Crippen LogP contribution in [0.2, 0.25) is 0 Å². The summed E-state index contributed by atoms with van der Waals surface area (Å²) in [5, 5.41) is 18.4. The molecule has 3 heterocycles. The summed E-state index contributed by atoms with van der Waals surface area (Å²) < 4.78 is 7.35. The molecule has 3 rings (SSSR count). The molecular formula is C18H25N7O. The Labute approximate surface area is 154 Å². The Bertz CT molecular complexity index is 808. The minimum atomic E-state index is 0.280. The molecule has 0 amide bonds. The molecule has 0 aliphatic carbocycles. The predicted molar refractivity (Wildman–Crippen MR) is 98.1 cm³/mol. The first-order valence-electron chi connectivity index (χ1n) is 8.76. The number of piperidine rings is 1. The van der Waals surface area contributed by atoms with Crippen LogP contribution in [0.25, 0.3) is 0 Å². The average Bonchev–Trinajstić information content (AvgIpc) is 3.01. The maximum absolute atomic E-state index is 9.55. The Kier molecular flexibility index (Phi) is 5.38. The van der Waals surface area contributed by atoms with Gasteiger partial charge in [0.1, 0.15) is 23.3 Å². The molecule has 0 aromatic carbocycles. The molecule has 0 N–H and O–H groups in total. The predicted octanol–water partition coefficient (Wildman–Crippen LogP) is 1.54. The van der Waals surface area contributed by atoms with Crippen LogP contribution in [-0.4, -0.2) is 58.9 Å². The van der Waals surface area contributed by atoms with Gasteiger partial charge in [-0.2, -0.15) is 5.26 Å². The van der Waals surface area contributed by atoms with Crippen molar-refractivity contribution in [2.45, 2.75) is 25.3 Å². The van der Waals surface area contributed by atoms with Crippen LogP contribution in [0.1, 0.15) is 36.0 Å². The summed E-state index contributed by atoms with van der Waals surface area (Å²) >= 11 is 0. The minimum absolute atomic E-state index is 0.280. The van der Waals surface area contributed by atoms with Gasteiger partial charge in [0, 0.05) is 32.3 Å². The topological polar surface area (TPSA) is 83.1 Å². The van der Waals surface area contributed by atoms with Crippen molar-refractivity contribution in [1.29, 1.82) is 5.26 Å². The van der Waals surface area contributed by atoms with Gasteiger partial charge in [-0.05, 0) is 33.0 Å². The maximum atomic E-state index is 9.55. The van der Waals surface area contributed by atoms with Gasteiger partial charge in [-0.3, -0.25) is 0 Å². The number of rotatable bonds is 5. The summed E-state index contributed by atoms with van der Waals surface area (Å²) in [6.07, 6.45) is 3.79. The normalized spacial score (nSPS) is 17.4. The highest BCUT2D eigenvalue weighted by molar-refractivity contribution is 5.63. The zero-order valence-corrected chi connectivity index (χ0v) is 15.8. The smallest absolute Gasteiger partial charge is 0.233 e.